The predicted molar refractivity (Wildman–Crippen MR) is 146 cm³/mol. The van der Waals surface area contributed by atoms with Crippen molar-refractivity contribution in [3.8, 4) is 0 Å². The molecule has 0 fully saturated rings. The first kappa shape index (κ1) is 23.7. The monoisotopic (exact) mass is 457 g/mol. The van der Waals surface area contributed by atoms with E-state index in [1.54, 1.807) is 0 Å². The SMILES string of the molecule is Cc1cc(C)c(N2C=[N+]([C@@H](CC(C)C)CP(c3ccccc3)c3ccccc3)CC2)c(C)c1. The van der Waals surface area contributed by atoms with Gasteiger partial charge in [-0.05, 0) is 62.8 Å². The van der Waals surface area contributed by atoms with Gasteiger partial charge >= 0.3 is 0 Å². The fourth-order valence-corrected chi connectivity index (χ4v) is 7.80. The molecule has 0 spiro atoms. The van der Waals surface area contributed by atoms with Gasteiger partial charge in [0.1, 0.15) is 24.8 Å². The van der Waals surface area contributed by atoms with Gasteiger partial charge in [-0.1, -0.05) is 92.2 Å². The van der Waals surface area contributed by atoms with Crippen molar-refractivity contribution in [1.29, 1.82) is 0 Å². The number of rotatable bonds is 8. The maximum atomic E-state index is 2.64. The van der Waals surface area contributed by atoms with Crippen molar-refractivity contribution in [3.63, 3.8) is 0 Å². The molecule has 0 aromatic heterocycles. The van der Waals surface area contributed by atoms with Crippen LogP contribution in [0.4, 0.5) is 5.69 Å². The van der Waals surface area contributed by atoms with Gasteiger partial charge in [0.15, 0.2) is 0 Å². The number of benzene rings is 3. The van der Waals surface area contributed by atoms with E-state index in [0.29, 0.717) is 12.0 Å². The Bertz CT molecular complexity index is 1030. The van der Waals surface area contributed by atoms with Gasteiger partial charge < -0.3 is 0 Å². The second kappa shape index (κ2) is 10.7. The van der Waals surface area contributed by atoms with Crippen LogP contribution < -0.4 is 15.5 Å². The summed E-state index contributed by atoms with van der Waals surface area (Å²) in [6.45, 7) is 13.6. The molecule has 172 valence electrons. The van der Waals surface area contributed by atoms with E-state index < -0.39 is 7.92 Å². The van der Waals surface area contributed by atoms with Gasteiger partial charge in [0.25, 0.3) is 0 Å². The first-order valence-corrected chi connectivity index (χ1v) is 13.8. The molecule has 0 radical (unpaired) electrons. The fourth-order valence-electron chi connectivity index (χ4n) is 5.24. The molecule has 4 rings (SSSR count). The lowest BCUT2D eigenvalue weighted by atomic mass is 10.0. The topological polar surface area (TPSA) is 6.25 Å². The highest BCUT2D eigenvalue weighted by atomic mass is 31.1. The summed E-state index contributed by atoms with van der Waals surface area (Å²) in [6.07, 6.45) is 4.83. The standard InChI is InChI=1S/C30H38N2P/c1-23(2)18-27(21-33(28-12-8-6-9-13-28)29-14-10-7-11-15-29)31-16-17-32(22-31)30-25(4)19-24(3)20-26(30)5/h6-15,19-20,22-23,27H,16-18,21H2,1-5H3/q+1/t27-/m0/s1. The minimum atomic E-state index is -0.402. The van der Waals surface area contributed by atoms with Crippen LogP contribution in [0.2, 0.25) is 0 Å². The Labute approximate surface area is 201 Å². The molecule has 1 atom stereocenters. The maximum Gasteiger partial charge on any atom is 0.239 e. The summed E-state index contributed by atoms with van der Waals surface area (Å²) < 4.78 is 2.64. The van der Waals surface area contributed by atoms with Crippen LogP contribution in [-0.4, -0.2) is 36.2 Å². The summed E-state index contributed by atoms with van der Waals surface area (Å²) >= 11 is 0. The van der Waals surface area contributed by atoms with E-state index in [-0.39, 0.29) is 0 Å². The van der Waals surface area contributed by atoms with Gasteiger partial charge in [-0.15, -0.1) is 0 Å². The molecule has 1 heterocycles. The molecular weight excluding hydrogens is 419 g/mol. The largest absolute Gasteiger partial charge is 0.261 e. The van der Waals surface area contributed by atoms with Crippen molar-refractivity contribution >= 4 is 30.6 Å². The second-order valence-electron chi connectivity index (χ2n) is 9.86. The lowest BCUT2D eigenvalue weighted by Crippen LogP contribution is -2.33. The van der Waals surface area contributed by atoms with E-state index in [1.807, 2.05) is 0 Å². The Balaban J connectivity index is 1.66. The molecule has 0 amide bonds. The first-order chi connectivity index (χ1) is 15.9. The lowest BCUT2D eigenvalue weighted by molar-refractivity contribution is -0.549. The number of anilines is 1. The van der Waals surface area contributed by atoms with Gasteiger partial charge in [-0.25, -0.2) is 4.90 Å². The van der Waals surface area contributed by atoms with Crippen LogP contribution in [0.1, 0.15) is 37.0 Å². The molecule has 0 saturated carbocycles. The van der Waals surface area contributed by atoms with Crippen molar-refractivity contribution in [1.82, 2.24) is 0 Å². The van der Waals surface area contributed by atoms with Gasteiger partial charge in [0.2, 0.25) is 6.34 Å². The third-order valence-electron chi connectivity index (χ3n) is 6.55. The summed E-state index contributed by atoms with van der Waals surface area (Å²) in [4.78, 5) is 2.49. The van der Waals surface area contributed by atoms with Crippen molar-refractivity contribution in [2.24, 2.45) is 5.92 Å². The van der Waals surface area contributed by atoms with Gasteiger partial charge in [-0.2, -0.15) is 0 Å². The van der Waals surface area contributed by atoms with Crippen molar-refractivity contribution < 1.29 is 4.58 Å². The zero-order valence-electron chi connectivity index (χ0n) is 20.8. The van der Waals surface area contributed by atoms with Gasteiger partial charge in [0, 0.05) is 6.16 Å². The van der Waals surface area contributed by atoms with Crippen LogP contribution in [0, 0.1) is 26.7 Å². The molecule has 0 aliphatic carbocycles. The van der Waals surface area contributed by atoms with Crippen LogP contribution in [0.5, 0.6) is 0 Å². The molecule has 2 nitrogen and oxygen atoms in total. The molecule has 0 N–H and O–H groups in total. The maximum absolute atomic E-state index is 2.64. The predicted octanol–water partition coefficient (Wildman–Crippen LogP) is 6.02. The van der Waals surface area contributed by atoms with Crippen LogP contribution in [0.15, 0.2) is 72.8 Å². The van der Waals surface area contributed by atoms with Crippen molar-refractivity contribution in [2.45, 2.75) is 47.1 Å². The minimum absolute atomic E-state index is 0.402. The summed E-state index contributed by atoms with van der Waals surface area (Å²) in [7, 11) is -0.402. The van der Waals surface area contributed by atoms with E-state index >= 15 is 0 Å². The number of hydrogen-bond donors (Lipinski definition) is 0. The van der Waals surface area contributed by atoms with E-state index in [0.717, 1.165) is 13.1 Å². The Morgan fingerprint density at radius 1 is 0.848 bits per heavy atom. The highest BCUT2D eigenvalue weighted by molar-refractivity contribution is 7.73. The summed E-state index contributed by atoms with van der Waals surface area (Å²) in [5.41, 5.74) is 5.49. The molecular formula is C30H38N2P+. The number of hydrogen-bond acceptors (Lipinski definition) is 1. The Morgan fingerprint density at radius 3 is 1.91 bits per heavy atom. The third-order valence-corrected chi connectivity index (χ3v) is 9.18. The van der Waals surface area contributed by atoms with Crippen LogP contribution in [-0.2, 0) is 0 Å². The molecule has 3 aromatic rings. The average Bonchev–Trinajstić information content (AvgIpc) is 3.26. The molecule has 0 bridgehead atoms. The number of aryl methyl sites for hydroxylation is 3. The lowest BCUT2D eigenvalue weighted by Gasteiger charge is -2.25. The highest BCUT2D eigenvalue weighted by Gasteiger charge is 2.31. The second-order valence-corrected chi connectivity index (χ2v) is 12.1. The number of nitrogens with zero attached hydrogens (tertiary/aromatic N) is 2. The van der Waals surface area contributed by atoms with E-state index in [2.05, 4.69) is 123 Å². The van der Waals surface area contributed by atoms with Gasteiger partial charge in [-0.3, -0.25) is 4.58 Å². The van der Waals surface area contributed by atoms with Crippen molar-refractivity contribution in [3.05, 3.63) is 89.5 Å². The molecule has 0 saturated heterocycles. The average molecular weight is 458 g/mol. The zero-order chi connectivity index (χ0) is 23.4. The van der Waals surface area contributed by atoms with E-state index in [4.69, 9.17) is 0 Å². The van der Waals surface area contributed by atoms with Gasteiger partial charge in [0.05, 0.1) is 0 Å². The third kappa shape index (κ3) is 5.74. The molecule has 3 heteroatoms. The highest BCUT2D eigenvalue weighted by Crippen LogP contribution is 2.36. The fraction of sp³-hybridized carbons (Fsp3) is 0.367. The summed E-state index contributed by atoms with van der Waals surface area (Å²) in [5.74, 6) is 0.670. The molecule has 33 heavy (non-hydrogen) atoms. The van der Waals surface area contributed by atoms with Crippen LogP contribution >= 0.6 is 7.92 Å². The normalized spacial score (nSPS) is 14.8. The van der Waals surface area contributed by atoms with Crippen LogP contribution in [0.3, 0.4) is 0 Å². The Morgan fingerprint density at radius 2 is 1.39 bits per heavy atom. The minimum Gasteiger partial charge on any atom is -0.261 e. The zero-order valence-corrected chi connectivity index (χ0v) is 21.7. The molecule has 0 unspecified atom stereocenters. The summed E-state index contributed by atoms with van der Waals surface area (Å²) in [6, 6.07) is 27.5. The molecule has 1 aliphatic heterocycles. The Kier molecular flexibility index (Phi) is 7.66. The first-order valence-electron chi connectivity index (χ1n) is 12.2. The van der Waals surface area contributed by atoms with Crippen molar-refractivity contribution in [2.75, 3.05) is 24.2 Å². The molecule has 1 aliphatic rings. The Hall–Kier alpha value is -2.44. The quantitative estimate of drug-likeness (QED) is 0.296. The van der Waals surface area contributed by atoms with Crippen LogP contribution in [0.25, 0.3) is 0 Å². The molecule has 3 aromatic carbocycles. The smallest absolute Gasteiger partial charge is 0.239 e. The van der Waals surface area contributed by atoms with E-state index in [1.165, 1.54) is 45.6 Å². The summed E-state index contributed by atoms with van der Waals surface area (Å²) in [5, 5.41) is 2.96. The van der Waals surface area contributed by atoms with E-state index in [9.17, 15) is 0 Å².